The SMILES string of the molecule is CC(C)[C@@](C)(c1ccc(-c2cnc(N)nc2)nc1)c1noc(C2C=N[N+](CC(F)F)=C2)n1. The molecular weight excluding hydrogens is 418 g/mol. The zero-order valence-electron chi connectivity index (χ0n) is 17.9. The van der Waals surface area contributed by atoms with Crippen molar-refractivity contribution in [2.75, 3.05) is 12.3 Å². The summed E-state index contributed by atoms with van der Waals surface area (Å²) < 4.78 is 31.9. The third kappa shape index (κ3) is 4.10. The Kier molecular flexibility index (Phi) is 5.72. The summed E-state index contributed by atoms with van der Waals surface area (Å²) in [6, 6.07) is 3.84. The molecule has 9 nitrogen and oxygen atoms in total. The van der Waals surface area contributed by atoms with Crippen molar-refractivity contribution in [3.8, 4) is 11.3 Å². The molecule has 1 aliphatic rings. The predicted octanol–water partition coefficient (Wildman–Crippen LogP) is 2.90. The van der Waals surface area contributed by atoms with Crippen LogP contribution in [0.5, 0.6) is 0 Å². The van der Waals surface area contributed by atoms with Crippen molar-refractivity contribution in [1.82, 2.24) is 25.1 Å². The molecule has 3 aromatic rings. The molecule has 0 amide bonds. The molecule has 1 unspecified atom stereocenters. The largest absolute Gasteiger partial charge is 0.368 e. The number of halogens is 2. The average molecular weight is 441 g/mol. The minimum atomic E-state index is -2.49. The number of hydrogen-bond acceptors (Lipinski definition) is 8. The third-order valence-corrected chi connectivity index (χ3v) is 5.71. The van der Waals surface area contributed by atoms with Crippen LogP contribution in [0.2, 0.25) is 0 Å². The van der Waals surface area contributed by atoms with E-state index in [9.17, 15) is 8.78 Å². The van der Waals surface area contributed by atoms with Crippen molar-refractivity contribution in [1.29, 1.82) is 0 Å². The minimum absolute atomic E-state index is 0.108. The van der Waals surface area contributed by atoms with E-state index in [0.29, 0.717) is 17.4 Å². The maximum absolute atomic E-state index is 12.6. The first-order chi connectivity index (χ1) is 15.3. The second-order valence-corrected chi connectivity index (χ2v) is 8.03. The van der Waals surface area contributed by atoms with E-state index in [0.717, 1.165) is 11.1 Å². The molecule has 0 bridgehead atoms. The molecule has 32 heavy (non-hydrogen) atoms. The van der Waals surface area contributed by atoms with Gasteiger partial charge < -0.3 is 10.3 Å². The van der Waals surface area contributed by atoms with E-state index in [4.69, 9.17) is 10.3 Å². The lowest BCUT2D eigenvalue weighted by molar-refractivity contribution is -0.537. The molecule has 4 rings (SSSR count). The van der Waals surface area contributed by atoms with Crippen molar-refractivity contribution in [3.63, 3.8) is 0 Å². The van der Waals surface area contributed by atoms with Gasteiger partial charge in [0, 0.05) is 24.2 Å². The molecule has 1 aliphatic heterocycles. The van der Waals surface area contributed by atoms with Crippen LogP contribution in [-0.4, -0.2) is 55.2 Å². The first-order valence-corrected chi connectivity index (χ1v) is 10.1. The Morgan fingerprint density at radius 1 is 1.16 bits per heavy atom. The van der Waals surface area contributed by atoms with Crippen LogP contribution in [-0.2, 0) is 5.41 Å². The normalized spacial score (nSPS) is 17.7. The molecule has 0 radical (unpaired) electrons. The lowest BCUT2D eigenvalue weighted by atomic mass is 9.73. The van der Waals surface area contributed by atoms with Crippen LogP contribution >= 0.6 is 0 Å². The summed E-state index contributed by atoms with van der Waals surface area (Å²) in [4.78, 5) is 17.2. The van der Waals surface area contributed by atoms with Gasteiger partial charge in [-0.15, -0.1) is 0 Å². The van der Waals surface area contributed by atoms with Crippen LogP contribution in [0, 0.1) is 5.92 Å². The van der Waals surface area contributed by atoms with Gasteiger partial charge in [-0.25, -0.2) is 18.7 Å². The molecule has 4 heterocycles. The maximum Gasteiger partial charge on any atom is 0.298 e. The van der Waals surface area contributed by atoms with Gasteiger partial charge in [-0.1, -0.05) is 29.8 Å². The Bertz CT molecular complexity index is 1140. The summed E-state index contributed by atoms with van der Waals surface area (Å²) in [7, 11) is 0. The van der Waals surface area contributed by atoms with Crippen LogP contribution in [0.1, 0.15) is 44.0 Å². The molecule has 3 aromatic heterocycles. The molecule has 0 spiro atoms. The lowest BCUT2D eigenvalue weighted by Crippen LogP contribution is -2.31. The molecular formula is C21H23F2N8O+. The molecule has 0 aromatic carbocycles. The van der Waals surface area contributed by atoms with Crippen molar-refractivity contribution in [2.45, 2.75) is 38.5 Å². The number of hydrogen-bond donors (Lipinski definition) is 1. The highest BCUT2D eigenvalue weighted by atomic mass is 19.3. The first-order valence-electron chi connectivity index (χ1n) is 10.1. The summed E-state index contributed by atoms with van der Waals surface area (Å²) in [5, 5.41) is 8.17. The van der Waals surface area contributed by atoms with Crippen molar-refractivity contribution in [3.05, 3.63) is 48.0 Å². The summed E-state index contributed by atoms with van der Waals surface area (Å²) in [5.74, 6) is 0.653. The fourth-order valence-electron chi connectivity index (χ4n) is 3.44. The van der Waals surface area contributed by atoms with E-state index < -0.39 is 24.3 Å². The number of nitrogens with two attached hydrogens (primary N) is 1. The Morgan fingerprint density at radius 3 is 2.53 bits per heavy atom. The van der Waals surface area contributed by atoms with Gasteiger partial charge in [-0.2, -0.15) is 4.98 Å². The monoisotopic (exact) mass is 441 g/mol. The van der Waals surface area contributed by atoms with Gasteiger partial charge >= 0.3 is 0 Å². The summed E-state index contributed by atoms with van der Waals surface area (Å²) in [5.41, 5.74) is 7.33. The fraction of sp³-hybridized carbons (Fsp3) is 0.381. The number of hydrazone groups is 1. The smallest absolute Gasteiger partial charge is 0.298 e. The number of pyridine rings is 1. The van der Waals surface area contributed by atoms with Gasteiger partial charge in [-0.3, -0.25) is 4.98 Å². The zero-order chi connectivity index (χ0) is 22.9. The quantitative estimate of drug-likeness (QED) is 0.560. The van der Waals surface area contributed by atoms with Crippen molar-refractivity contribution in [2.24, 2.45) is 11.0 Å². The predicted molar refractivity (Wildman–Crippen MR) is 114 cm³/mol. The lowest BCUT2D eigenvalue weighted by Gasteiger charge is -2.30. The molecule has 0 saturated carbocycles. The number of rotatable bonds is 7. The highest BCUT2D eigenvalue weighted by Gasteiger charge is 2.39. The molecule has 0 fully saturated rings. The first kappa shape index (κ1) is 21.6. The molecule has 2 N–H and O–H groups in total. The molecule has 11 heteroatoms. The Hall–Kier alpha value is -3.63. The third-order valence-electron chi connectivity index (χ3n) is 5.71. The molecule has 0 saturated heterocycles. The van der Waals surface area contributed by atoms with Crippen LogP contribution in [0.15, 0.2) is 40.3 Å². The maximum atomic E-state index is 12.6. The van der Waals surface area contributed by atoms with Crippen molar-refractivity contribution < 1.29 is 18.0 Å². The van der Waals surface area contributed by atoms with E-state index in [1.54, 1.807) is 24.8 Å². The van der Waals surface area contributed by atoms with E-state index in [1.165, 1.54) is 10.9 Å². The Balaban J connectivity index is 1.61. The van der Waals surface area contributed by atoms with Crippen LogP contribution in [0.25, 0.3) is 11.3 Å². The van der Waals surface area contributed by atoms with Crippen LogP contribution in [0.3, 0.4) is 0 Å². The Labute approximate surface area is 183 Å². The molecule has 0 aliphatic carbocycles. The van der Waals surface area contributed by atoms with E-state index in [-0.39, 0.29) is 11.9 Å². The second-order valence-electron chi connectivity index (χ2n) is 8.03. The van der Waals surface area contributed by atoms with Gasteiger partial charge in [0.25, 0.3) is 6.43 Å². The highest BCUT2D eigenvalue weighted by molar-refractivity contribution is 5.88. The van der Waals surface area contributed by atoms with Gasteiger partial charge in [0.1, 0.15) is 0 Å². The number of aromatic nitrogens is 5. The van der Waals surface area contributed by atoms with Gasteiger partial charge in [0.2, 0.25) is 18.4 Å². The Morgan fingerprint density at radius 2 is 1.91 bits per heavy atom. The second kappa shape index (κ2) is 8.48. The zero-order valence-corrected chi connectivity index (χ0v) is 17.9. The summed E-state index contributed by atoms with van der Waals surface area (Å²) >= 11 is 0. The van der Waals surface area contributed by atoms with Crippen LogP contribution in [0.4, 0.5) is 14.7 Å². The van der Waals surface area contributed by atoms with E-state index in [1.807, 2.05) is 19.1 Å². The van der Waals surface area contributed by atoms with Crippen molar-refractivity contribution >= 4 is 18.4 Å². The van der Waals surface area contributed by atoms with Gasteiger partial charge in [0.15, 0.2) is 18.0 Å². The van der Waals surface area contributed by atoms with E-state index in [2.05, 4.69) is 44.0 Å². The fourth-order valence-corrected chi connectivity index (χ4v) is 3.44. The van der Waals surface area contributed by atoms with Gasteiger partial charge in [0.05, 0.1) is 17.3 Å². The number of anilines is 1. The molecule has 2 atom stereocenters. The molecule has 166 valence electrons. The van der Waals surface area contributed by atoms with E-state index >= 15 is 0 Å². The topological polar surface area (TPSA) is 119 Å². The number of alkyl halides is 2. The highest BCUT2D eigenvalue weighted by Crippen LogP contribution is 2.38. The van der Waals surface area contributed by atoms with Gasteiger partial charge in [-0.05, 0) is 29.6 Å². The minimum Gasteiger partial charge on any atom is -0.368 e. The summed E-state index contributed by atoms with van der Waals surface area (Å²) in [6.07, 6.45) is 5.58. The summed E-state index contributed by atoms with van der Waals surface area (Å²) in [6.45, 7) is 5.66. The van der Waals surface area contributed by atoms with Crippen LogP contribution < -0.4 is 5.73 Å². The number of nitrogens with zero attached hydrogens (tertiary/aromatic N) is 7. The average Bonchev–Trinajstić information content (AvgIpc) is 3.43. The standard InChI is InChI=1S/C21H23F2N8O/c1-12(2)21(3,15-4-5-16(25-9-15)13-6-26-20(24)27-7-13)19-29-18(32-30-19)14-8-28-31(10-14)11-17(22)23/h4-10,12,14,17H,11H2,1-3H3,(H2,24,26,27)/q+1/t14?,21-/m0/s1. The number of nitrogen functional groups attached to an aromatic ring is 1.